The Balaban J connectivity index is 1.76. The summed E-state index contributed by atoms with van der Waals surface area (Å²) in [7, 11) is 0. The molecular formula is C17H27FN2O. The third-order valence-corrected chi connectivity index (χ3v) is 4.45. The van der Waals surface area contributed by atoms with Crippen molar-refractivity contribution in [3.8, 4) is 0 Å². The summed E-state index contributed by atoms with van der Waals surface area (Å²) in [6, 6.07) is 2.92. The molecule has 1 aliphatic heterocycles. The molecule has 1 aromatic heterocycles. The number of hydrogen-bond acceptors (Lipinski definition) is 3. The summed E-state index contributed by atoms with van der Waals surface area (Å²) in [6.45, 7) is 5.41. The van der Waals surface area contributed by atoms with Crippen LogP contribution in [0.1, 0.15) is 57.2 Å². The molecule has 0 radical (unpaired) electrons. The molecule has 1 saturated heterocycles. The summed E-state index contributed by atoms with van der Waals surface area (Å²) in [5.74, 6) is 0.518. The minimum Gasteiger partial charge on any atom is -0.387 e. The summed E-state index contributed by atoms with van der Waals surface area (Å²) < 4.78 is 12.8. The third kappa shape index (κ3) is 5.36. The average molecular weight is 294 g/mol. The van der Waals surface area contributed by atoms with E-state index in [1.54, 1.807) is 6.07 Å². The van der Waals surface area contributed by atoms with Crippen LogP contribution in [-0.4, -0.2) is 34.6 Å². The Morgan fingerprint density at radius 2 is 2.24 bits per heavy atom. The summed E-state index contributed by atoms with van der Waals surface area (Å²) in [6.07, 6.45) is 7.73. The van der Waals surface area contributed by atoms with Gasteiger partial charge in [0.15, 0.2) is 0 Å². The fourth-order valence-electron chi connectivity index (χ4n) is 3.18. The molecule has 0 amide bonds. The van der Waals surface area contributed by atoms with Crippen molar-refractivity contribution >= 4 is 0 Å². The highest BCUT2D eigenvalue weighted by atomic mass is 19.1. The van der Waals surface area contributed by atoms with Crippen molar-refractivity contribution in [2.24, 2.45) is 5.92 Å². The number of aliphatic hydroxyl groups is 1. The maximum atomic E-state index is 12.8. The van der Waals surface area contributed by atoms with E-state index in [4.69, 9.17) is 0 Å². The second-order valence-electron chi connectivity index (χ2n) is 6.13. The molecule has 2 unspecified atom stereocenters. The molecule has 3 nitrogen and oxygen atoms in total. The zero-order valence-electron chi connectivity index (χ0n) is 13.0. The lowest BCUT2D eigenvalue weighted by Crippen LogP contribution is -2.27. The van der Waals surface area contributed by atoms with Crippen molar-refractivity contribution in [2.45, 2.75) is 51.6 Å². The van der Waals surface area contributed by atoms with E-state index >= 15 is 0 Å². The van der Waals surface area contributed by atoms with Gasteiger partial charge in [0.25, 0.3) is 0 Å². The highest BCUT2D eigenvalue weighted by Gasteiger charge is 2.17. The van der Waals surface area contributed by atoms with Crippen LogP contribution in [0.5, 0.6) is 0 Å². The van der Waals surface area contributed by atoms with Crippen molar-refractivity contribution in [2.75, 3.05) is 19.6 Å². The summed E-state index contributed by atoms with van der Waals surface area (Å²) in [5, 5.41) is 10.1. The maximum absolute atomic E-state index is 12.8. The van der Waals surface area contributed by atoms with Crippen LogP contribution < -0.4 is 0 Å². The van der Waals surface area contributed by atoms with Crippen molar-refractivity contribution < 1.29 is 9.50 Å². The number of aromatic nitrogens is 1. The third-order valence-electron chi connectivity index (χ3n) is 4.45. The van der Waals surface area contributed by atoms with Gasteiger partial charge in [0.2, 0.25) is 0 Å². The minimum absolute atomic E-state index is 0.361. The standard InChI is InChI=1S/C17H27FN2O/c1-2-4-14-5-3-10-20(11-8-14)12-9-17(21)16-7-6-15(18)13-19-16/h6-7,13-14,17,21H,2-5,8-12H2,1H3. The Morgan fingerprint density at radius 1 is 1.38 bits per heavy atom. The van der Waals surface area contributed by atoms with E-state index < -0.39 is 6.10 Å². The lowest BCUT2D eigenvalue weighted by molar-refractivity contribution is 0.138. The molecule has 1 N–H and O–H groups in total. The van der Waals surface area contributed by atoms with Crippen LogP contribution in [0.2, 0.25) is 0 Å². The van der Waals surface area contributed by atoms with Gasteiger partial charge in [-0.2, -0.15) is 0 Å². The Labute approximate surface area is 127 Å². The van der Waals surface area contributed by atoms with Gasteiger partial charge in [-0.3, -0.25) is 4.98 Å². The number of rotatable bonds is 6. The topological polar surface area (TPSA) is 36.4 Å². The molecule has 2 atom stereocenters. The molecule has 4 heteroatoms. The molecule has 0 aromatic carbocycles. The van der Waals surface area contributed by atoms with E-state index in [-0.39, 0.29) is 5.82 Å². The van der Waals surface area contributed by atoms with Crippen LogP contribution in [0.25, 0.3) is 0 Å². The normalized spacial score (nSPS) is 22.0. The number of nitrogens with zero attached hydrogens (tertiary/aromatic N) is 2. The Bertz CT molecular complexity index is 410. The summed E-state index contributed by atoms with van der Waals surface area (Å²) >= 11 is 0. The molecule has 1 aliphatic rings. The first kappa shape index (κ1) is 16.4. The van der Waals surface area contributed by atoms with Gasteiger partial charge in [-0.25, -0.2) is 4.39 Å². The van der Waals surface area contributed by atoms with Crippen molar-refractivity contribution in [3.63, 3.8) is 0 Å². The van der Waals surface area contributed by atoms with Gasteiger partial charge in [0, 0.05) is 6.54 Å². The highest BCUT2D eigenvalue weighted by Crippen LogP contribution is 2.23. The fraction of sp³-hybridized carbons (Fsp3) is 0.706. The molecular weight excluding hydrogens is 267 g/mol. The molecule has 0 bridgehead atoms. The van der Waals surface area contributed by atoms with Gasteiger partial charge >= 0.3 is 0 Å². The van der Waals surface area contributed by atoms with Gasteiger partial charge < -0.3 is 10.0 Å². The molecule has 1 aromatic rings. The fourth-order valence-corrected chi connectivity index (χ4v) is 3.18. The monoisotopic (exact) mass is 294 g/mol. The smallest absolute Gasteiger partial charge is 0.141 e. The predicted octanol–water partition coefficient (Wildman–Crippen LogP) is 3.55. The Kier molecular flexibility index (Phi) is 6.58. The molecule has 0 saturated carbocycles. The quantitative estimate of drug-likeness (QED) is 0.871. The first-order chi connectivity index (χ1) is 10.2. The number of halogens is 1. The van der Waals surface area contributed by atoms with Crippen molar-refractivity contribution in [3.05, 3.63) is 29.8 Å². The maximum Gasteiger partial charge on any atom is 0.141 e. The zero-order chi connectivity index (χ0) is 15.1. The minimum atomic E-state index is -0.597. The number of likely N-dealkylation sites (tertiary alicyclic amines) is 1. The Hall–Kier alpha value is -1.00. The highest BCUT2D eigenvalue weighted by molar-refractivity contribution is 5.07. The number of hydrogen-bond donors (Lipinski definition) is 1. The molecule has 2 heterocycles. The van der Waals surface area contributed by atoms with Crippen LogP contribution in [0.15, 0.2) is 18.3 Å². The van der Waals surface area contributed by atoms with Crippen LogP contribution in [-0.2, 0) is 0 Å². The van der Waals surface area contributed by atoms with E-state index in [1.165, 1.54) is 44.4 Å². The SMILES string of the molecule is CCCC1CCCN(CCC(O)c2ccc(F)cn2)CC1. The number of pyridine rings is 1. The Morgan fingerprint density at radius 3 is 2.95 bits per heavy atom. The van der Waals surface area contributed by atoms with E-state index in [0.717, 1.165) is 25.6 Å². The molecule has 118 valence electrons. The van der Waals surface area contributed by atoms with Crippen LogP contribution in [0.4, 0.5) is 4.39 Å². The van der Waals surface area contributed by atoms with Gasteiger partial charge in [0.1, 0.15) is 5.82 Å². The van der Waals surface area contributed by atoms with Crippen LogP contribution in [0, 0.1) is 11.7 Å². The molecule has 0 spiro atoms. The first-order valence-electron chi connectivity index (χ1n) is 8.21. The number of aliphatic hydroxyl groups excluding tert-OH is 1. The van der Waals surface area contributed by atoms with Gasteiger partial charge in [-0.1, -0.05) is 19.8 Å². The van der Waals surface area contributed by atoms with Gasteiger partial charge in [0.05, 0.1) is 18.0 Å². The largest absolute Gasteiger partial charge is 0.387 e. The molecule has 1 fully saturated rings. The average Bonchev–Trinajstić information content (AvgIpc) is 2.71. The lowest BCUT2D eigenvalue weighted by atomic mass is 9.96. The van der Waals surface area contributed by atoms with E-state index in [9.17, 15) is 9.50 Å². The molecule has 2 rings (SSSR count). The van der Waals surface area contributed by atoms with Crippen LogP contribution >= 0.6 is 0 Å². The summed E-state index contributed by atoms with van der Waals surface area (Å²) in [4.78, 5) is 6.40. The van der Waals surface area contributed by atoms with Crippen molar-refractivity contribution in [1.82, 2.24) is 9.88 Å². The summed E-state index contributed by atoms with van der Waals surface area (Å²) in [5.41, 5.74) is 0.565. The first-order valence-corrected chi connectivity index (χ1v) is 8.21. The second kappa shape index (κ2) is 8.44. The molecule has 21 heavy (non-hydrogen) atoms. The van der Waals surface area contributed by atoms with E-state index in [2.05, 4.69) is 16.8 Å². The zero-order valence-corrected chi connectivity index (χ0v) is 13.0. The van der Waals surface area contributed by atoms with E-state index in [0.29, 0.717) is 12.1 Å². The van der Waals surface area contributed by atoms with E-state index in [1.807, 2.05) is 0 Å². The van der Waals surface area contributed by atoms with Crippen molar-refractivity contribution in [1.29, 1.82) is 0 Å². The van der Waals surface area contributed by atoms with Gasteiger partial charge in [-0.05, 0) is 56.8 Å². The molecule has 0 aliphatic carbocycles. The van der Waals surface area contributed by atoms with Gasteiger partial charge in [-0.15, -0.1) is 0 Å². The lowest BCUT2D eigenvalue weighted by Gasteiger charge is -2.21. The van der Waals surface area contributed by atoms with Crippen LogP contribution in [0.3, 0.4) is 0 Å². The predicted molar refractivity (Wildman–Crippen MR) is 82.5 cm³/mol. The second-order valence-corrected chi connectivity index (χ2v) is 6.13.